The molecule has 2 aromatic carbocycles. The lowest BCUT2D eigenvalue weighted by Crippen LogP contribution is -2.31. The topological polar surface area (TPSA) is 68.3 Å². The van der Waals surface area contributed by atoms with Gasteiger partial charge in [0.1, 0.15) is 11.6 Å². The summed E-state index contributed by atoms with van der Waals surface area (Å²) in [4.78, 5) is 4.45. The van der Waals surface area contributed by atoms with Crippen molar-refractivity contribution >= 4 is 10.0 Å². The predicted molar refractivity (Wildman–Crippen MR) is 119 cm³/mol. The maximum Gasteiger partial charge on any atom is 0.416 e. The molecule has 0 aliphatic rings. The average Bonchev–Trinajstić information content (AvgIpc) is 3.46. The van der Waals surface area contributed by atoms with Crippen LogP contribution in [0.2, 0.25) is 0 Å². The first-order valence-corrected chi connectivity index (χ1v) is 11.8. The van der Waals surface area contributed by atoms with Crippen molar-refractivity contribution in [3.8, 4) is 0 Å². The number of halogens is 3. The zero-order chi connectivity index (χ0) is 24.3. The molecule has 0 spiro atoms. The van der Waals surface area contributed by atoms with E-state index < -0.39 is 21.8 Å². The van der Waals surface area contributed by atoms with Crippen LogP contribution in [0.25, 0.3) is 0 Å². The zero-order valence-corrected chi connectivity index (χ0v) is 19.1. The zero-order valence-electron chi connectivity index (χ0n) is 18.2. The van der Waals surface area contributed by atoms with Gasteiger partial charge in [0.25, 0.3) is 0 Å². The Labute approximate surface area is 195 Å². The van der Waals surface area contributed by atoms with Crippen LogP contribution in [0.15, 0.2) is 88.6 Å². The first-order valence-electron chi connectivity index (χ1n) is 10.4. The van der Waals surface area contributed by atoms with Gasteiger partial charge in [0.05, 0.1) is 29.8 Å². The molecule has 0 N–H and O–H groups in total. The molecule has 34 heavy (non-hydrogen) atoms. The van der Waals surface area contributed by atoms with Gasteiger partial charge in [-0.05, 0) is 48.9 Å². The van der Waals surface area contributed by atoms with Crippen molar-refractivity contribution < 1.29 is 26.0 Å². The Morgan fingerprint density at radius 1 is 1.00 bits per heavy atom. The smallest absolute Gasteiger partial charge is 0.416 e. The van der Waals surface area contributed by atoms with Crippen LogP contribution in [0.4, 0.5) is 13.2 Å². The fourth-order valence-electron chi connectivity index (χ4n) is 3.45. The second-order valence-electron chi connectivity index (χ2n) is 7.83. The monoisotopic (exact) mass is 489 g/mol. The lowest BCUT2D eigenvalue weighted by molar-refractivity contribution is -0.137. The van der Waals surface area contributed by atoms with E-state index in [4.69, 9.17) is 4.42 Å². The third kappa shape index (κ3) is 5.40. The Morgan fingerprint density at radius 2 is 1.71 bits per heavy atom. The molecular weight excluding hydrogens is 467 g/mol. The number of nitrogens with zero attached hydrogens (tertiary/aromatic N) is 3. The van der Waals surface area contributed by atoms with E-state index in [0.717, 1.165) is 17.7 Å². The molecule has 4 rings (SSSR count). The van der Waals surface area contributed by atoms with E-state index in [0.29, 0.717) is 17.1 Å². The van der Waals surface area contributed by atoms with E-state index >= 15 is 0 Å². The van der Waals surface area contributed by atoms with Crippen LogP contribution >= 0.6 is 0 Å². The molecule has 0 radical (unpaired) electrons. The van der Waals surface area contributed by atoms with Crippen LogP contribution in [-0.4, -0.2) is 22.3 Å². The van der Waals surface area contributed by atoms with Gasteiger partial charge in [-0.2, -0.15) is 17.5 Å². The molecule has 2 heterocycles. The van der Waals surface area contributed by atoms with Gasteiger partial charge in [0.2, 0.25) is 10.0 Å². The van der Waals surface area contributed by atoms with Gasteiger partial charge < -0.3 is 8.98 Å². The number of hydrogen-bond acceptors (Lipinski definition) is 4. The van der Waals surface area contributed by atoms with E-state index in [2.05, 4.69) is 4.98 Å². The summed E-state index contributed by atoms with van der Waals surface area (Å²) in [5, 5.41) is 0. The van der Waals surface area contributed by atoms with Crippen LogP contribution in [0.1, 0.15) is 28.3 Å². The SMILES string of the molecule is Cc1ccc(S(=O)(=O)N(Cc2ccco2)Cc2nccn2Cc2ccc(C(F)(F)F)cc2)cc1. The van der Waals surface area contributed by atoms with Gasteiger partial charge in [-0.15, -0.1) is 0 Å². The predicted octanol–water partition coefficient (Wildman–Crippen LogP) is 5.24. The molecule has 0 unspecified atom stereocenters. The van der Waals surface area contributed by atoms with Crippen molar-refractivity contribution in [2.75, 3.05) is 0 Å². The van der Waals surface area contributed by atoms with Gasteiger partial charge in [-0.25, -0.2) is 13.4 Å². The van der Waals surface area contributed by atoms with Crippen molar-refractivity contribution in [2.24, 2.45) is 0 Å². The van der Waals surface area contributed by atoms with Crippen LogP contribution in [-0.2, 0) is 35.8 Å². The molecule has 6 nitrogen and oxygen atoms in total. The normalized spacial score (nSPS) is 12.4. The van der Waals surface area contributed by atoms with Crippen LogP contribution in [0.5, 0.6) is 0 Å². The highest BCUT2D eigenvalue weighted by Gasteiger charge is 2.30. The molecule has 2 aromatic heterocycles. The highest BCUT2D eigenvalue weighted by atomic mass is 32.2. The Morgan fingerprint density at radius 3 is 2.32 bits per heavy atom. The molecule has 0 aliphatic heterocycles. The third-order valence-electron chi connectivity index (χ3n) is 5.32. The minimum Gasteiger partial charge on any atom is -0.468 e. The fraction of sp³-hybridized carbons (Fsp3) is 0.208. The van der Waals surface area contributed by atoms with E-state index in [9.17, 15) is 21.6 Å². The number of benzene rings is 2. The fourth-order valence-corrected chi connectivity index (χ4v) is 4.81. The number of imidazole rings is 1. The molecule has 10 heteroatoms. The maximum atomic E-state index is 13.4. The summed E-state index contributed by atoms with van der Waals surface area (Å²) in [5.74, 6) is 0.915. The van der Waals surface area contributed by atoms with Gasteiger partial charge >= 0.3 is 6.18 Å². The van der Waals surface area contributed by atoms with E-state index in [-0.39, 0.29) is 24.5 Å². The molecule has 0 amide bonds. The van der Waals surface area contributed by atoms with Crippen LogP contribution in [0.3, 0.4) is 0 Å². The Bertz CT molecular complexity index is 1330. The second kappa shape index (κ2) is 9.47. The molecule has 0 saturated carbocycles. The molecule has 0 fully saturated rings. The van der Waals surface area contributed by atoms with Crippen molar-refractivity contribution in [3.05, 3.63) is 108 Å². The van der Waals surface area contributed by atoms with Crippen molar-refractivity contribution in [1.29, 1.82) is 0 Å². The number of sulfonamides is 1. The largest absolute Gasteiger partial charge is 0.468 e. The summed E-state index contributed by atoms with van der Waals surface area (Å²) in [6.07, 6.45) is 0.256. The van der Waals surface area contributed by atoms with Gasteiger partial charge in [-0.3, -0.25) is 0 Å². The summed E-state index contributed by atoms with van der Waals surface area (Å²) in [7, 11) is -3.89. The minimum absolute atomic E-state index is 0.00362. The lowest BCUT2D eigenvalue weighted by Gasteiger charge is -2.22. The molecule has 0 aliphatic carbocycles. The number of rotatable bonds is 8. The van der Waals surface area contributed by atoms with Crippen LogP contribution < -0.4 is 0 Å². The van der Waals surface area contributed by atoms with Crippen LogP contribution in [0, 0.1) is 6.92 Å². The Kier molecular flexibility index (Phi) is 6.63. The average molecular weight is 490 g/mol. The summed E-state index contributed by atoms with van der Waals surface area (Å²) < 4.78 is 73.8. The van der Waals surface area contributed by atoms with E-state index in [1.807, 2.05) is 6.92 Å². The molecular formula is C24H22F3N3O3S. The molecule has 178 valence electrons. The number of furan rings is 1. The van der Waals surface area contributed by atoms with Gasteiger partial charge in [-0.1, -0.05) is 29.8 Å². The molecule has 0 atom stereocenters. The molecule has 4 aromatic rings. The van der Waals surface area contributed by atoms with Gasteiger partial charge in [0.15, 0.2) is 0 Å². The van der Waals surface area contributed by atoms with Crippen molar-refractivity contribution in [3.63, 3.8) is 0 Å². The van der Waals surface area contributed by atoms with Gasteiger partial charge in [0, 0.05) is 18.9 Å². The highest BCUT2D eigenvalue weighted by molar-refractivity contribution is 7.89. The summed E-state index contributed by atoms with van der Waals surface area (Å²) in [6, 6.07) is 14.8. The summed E-state index contributed by atoms with van der Waals surface area (Å²) >= 11 is 0. The Balaban J connectivity index is 1.60. The van der Waals surface area contributed by atoms with Crippen molar-refractivity contribution in [1.82, 2.24) is 13.9 Å². The van der Waals surface area contributed by atoms with Crippen molar-refractivity contribution in [2.45, 2.75) is 37.6 Å². The first kappa shape index (κ1) is 23.8. The number of aryl methyl sites for hydroxylation is 1. The summed E-state index contributed by atoms with van der Waals surface area (Å²) in [5.41, 5.74) is 0.839. The molecule has 0 bridgehead atoms. The van der Waals surface area contributed by atoms with E-state index in [1.165, 1.54) is 28.9 Å². The lowest BCUT2D eigenvalue weighted by atomic mass is 10.1. The maximum absolute atomic E-state index is 13.4. The van der Waals surface area contributed by atoms with E-state index in [1.54, 1.807) is 47.2 Å². The number of aromatic nitrogens is 2. The number of hydrogen-bond donors (Lipinski definition) is 0. The standard InChI is InChI=1S/C24H22F3N3O3S/c1-18-4-10-22(11-5-18)34(31,32)30(16-21-3-2-14-33-21)17-23-28-12-13-29(23)15-19-6-8-20(9-7-19)24(25,26)27/h2-14H,15-17H2,1H3. The second-order valence-corrected chi connectivity index (χ2v) is 9.77. The quantitative estimate of drug-likeness (QED) is 0.339. The number of alkyl halides is 3. The minimum atomic E-state index is -4.41. The third-order valence-corrected chi connectivity index (χ3v) is 7.13. The highest BCUT2D eigenvalue weighted by Crippen LogP contribution is 2.29. The first-order chi connectivity index (χ1) is 16.1. The summed E-state index contributed by atoms with van der Waals surface area (Å²) in [6.45, 7) is 2.06. The Hall–Kier alpha value is -3.37. The molecule has 0 saturated heterocycles.